The van der Waals surface area contributed by atoms with Crippen LogP contribution in [0.4, 0.5) is 34.4 Å². The van der Waals surface area contributed by atoms with Gasteiger partial charge < -0.3 is 20.0 Å². The molecule has 0 bridgehead atoms. The van der Waals surface area contributed by atoms with Gasteiger partial charge in [-0.25, -0.2) is 14.5 Å². The summed E-state index contributed by atoms with van der Waals surface area (Å²) in [6.07, 6.45) is 14.1. The van der Waals surface area contributed by atoms with Gasteiger partial charge in [-0.15, -0.1) is 0 Å². The van der Waals surface area contributed by atoms with Crippen LogP contribution in [0.3, 0.4) is 0 Å². The van der Waals surface area contributed by atoms with Gasteiger partial charge in [0.1, 0.15) is 0 Å². The third-order valence-electron chi connectivity index (χ3n) is 13.2. The van der Waals surface area contributed by atoms with Gasteiger partial charge in [0.2, 0.25) is 11.9 Å². The minimum atomic E-state index is -0.0875. The van der Waals surface area contributed by atoms with Crippen LogP contribution in [0, 0.1) is 0 Å². The highest BCUT2D eigenvalue weighted by molar-refractivity contribution is 5.98. The van der Waals surface area contributed by atoms with Crippen molar-refractivity contribution in [1.29, 1.82) is 0 Å². The summed E-state index contributed by atoms with van der Waals surface area (Å²) < 4.78 is 5.12. The number of benzene rings is 3. The summed E-state index contributed by atoms with van der Waals surface area (Å²) in [5, 5.41) is 4.14. The first-order valence-electron chi connectivity index (χ1n) is 18.9. The lowest BCUT2D eigenvalue weighted by atomic mass is 9.90. The number of rotatable bonds is 0. The molecule has 242 valence electrons. The summed E-state index contributed by atoms with van der Waals surface area (Å²) in [7, 11) is 0. The Bertz CT molecular complexity index is 2290. The second-order valence-corrected chi connectivity index (χ2v) is 15.7. The maximum atomic E-state index is 5.65. The lowest BCUT2D eigenvalue weighted by Gasteiger charge is -2.40. The molecule has 9 heteroatoms. The van der Waals surface area contributed by atoms with E-state index in [9.17, 15) is 0 Å². The summed E-state index contributed by atoms with van der Waals surface area (Å²) in [5.41, 5.74) is 21.2. The fourth-order valence-electron chi connectivity index (χ4n) is 11.5. The number of aromatic nitrogens is 4. The van der Waals surface area contributed by atoms with Crippen LogP contribution in [0.1, 0.15) is 78.2 Å². The highest BCUT2D eigenvalue weighted by Crippen LogP contribution is 2.57. The lowest BCUT2D eigenvalue weighted by Crippen LogP contribution is -2.38. The van der Waals surface area contributed by atoms with Crippen LogP contribution in [-0.2, 0) is 38.5 Å². The number of fused-ring (bicyclic) bond motifs is 15. The van der Waals surface area contributed by atoms with E-state index >= 15 is 0 Å². The van der Waals surface area contributed by atoms with Crippen molar-refractivity contribution in [2.24, 2.45) is 0 Å². The van der Waals surface area contributed by atoms with Gasteiger partial charge in [-0.2, -0.15) is 0 Å². The van der Waals surface area contributed by atoms with Crippen LogP contribution in [0.15, 0.2) is 18.2 Å². The van der Waals surface area contributed by atoms with Crippen LogP contribution >= 0.6 is 0 Å². The Labute approximate surface area is 280 Å². The molecule has 0 aliphatic carbocycles. The van der Waals surface area contributed by atoms with E-state index < -0.39 is 0 Å². The van der Waals surface area contributed by atoms with Crippen molar-refractivity contribution >= 4 is 56.5 Å². The molecule has 2 aromatic heterocycles. The molecule has 9 nitrogen and oxygen atoms in total. The van der Waals surface area contributed by atoms with E-state index in [4.69, 9.17) is 9.97 Å². The molecule has 3 aromatic carbocycles. The average molecular weight is 636 g/mol. The van der Waals surface area contributed by atoms with Crippen LogP contribution in [-0.4, -0.2) is 58.4 Å². The van der Waals surface area contributed by atoms with E-state index in [1.54, 1.807) is 0 Å². The number of hydrogen-bond acceptors (Lipinski definition) is 7. The van der Waals surface area contributed by atoms with Gasteiger partial charge in [0.15, 0.2) is 6.29 Å². The molecule has 1 unspecified atom stereocenters. The molecule has 0 saturated heterocycles. The first kappa shape index (κ1) is 25.6. The van der Waals surface area contributed by atoms with Crippen molar-refractivity contribution in [3.05, 3.63) is 51.6 Å². The smallest absolute Gasteiger partial charge is 0.221 e. The van der Waals surface area contributed by atoms with Crippen molar-refractivity contribution in [3.8, 4) is 5.95 Å². The first-order chi connectivity index (χ1) is 23.8. The summed E-state index contributed by atoms with van der Waals surface area (Å²) in [5.74, 6) is 2.09. The quantitative estimate of drug-likeness (QED) is 0.208. The van der Waals surface area contributed by atoms with Crippen molar-refractivity contribution in [3.63, 3.8) is 0 Å². The van der Waals surface area contributed by atoms with E-state index in [-0.39, 0.29) is 6.29 Å². The van der Waals surface area contributed by atoms with Gasteiger partial charge in [0, 0.05) is 73.0 Å². The molecule has 48 heavy (non-hydrogen) atoms. The predicted molar refractivity (Wildman–Crippen MR) is 192 cm³/mol. The molecule has 0 radical (unpaired) electrons. The molecule has 13 rings (SSSR count). The molecule has 0 amide bonds. The van der Waals surface area contributed by atoms with Crippen molar-refractivity contribution in [2.75, 3.05) is 64.2 Å². The normalized spacial score (nSPS) is 22.5. The topological polar surface area (TPSA) is 60.6 Å². The number of anilines is 6. The first-order valence-corrected chi connectivity index (χ1v) is 18.9. The molecular weight excluding hydrogens is 594 g/mol. The summed E-state index contributed by atoms with van der Waals surface area (Å²) in [4.78, 5) is 22.0. The Morgan fingerprint density at radius 3 is 1.67 bits per heavy atom. The van der Waals surface area contributed by atoms with Gasteiger partial charge in [0.05, 0.1) is 33.4 Å². The Morgan fingerprint density at radius 1 is 0.521 bits per heavy atom. The Kier molecular flexibility index (Phi) is 4.69. The predicted octanol–water partition coefficient (Wildman–Crippen LogP) is 6.50. The zero-order valence-corrected chi connectivity index (χ0v) is 27.6. The van der Waals surface area contributed by atoms with Gasteiger partial charge in [-0.05, 0) is 112 Å². The fraction of sp³-hybridized carbons (Fsp3) is 0.487. The zero-order valence-electron chi connectivity index (χ0n) is 27.6. The summed E-state index contributed by atoms with van der Waals surface area (Å²) in [6, 6.07) is 7.41. The molecular formula is C39H41N9. The fourth-order valence-corrected chi connectivity index (χ4v) is 11.5. The van der Waals surface area contributed by atoms with E-state index in [0.717, 1.165) is 55.0 Å². The van der Waals surface area contributed by atoms with Crippen LogP contribution in [0.5, 0.6) is 0 Å². The maximum Gasteiger partial charge on any atom is 0.221 e. The number of hydrogen-bond donors (Lipinski definition) is 1. The molecule has 0 fully saturated rings. The zero-order chi connectivity index (χ0) is 30.8. The van der Waals surface area contributed by atoms with Gasteiger partial charge in [-0.1, -0.05) is 0 Å². The largest absolute Gasteiger partial charge is 0.371 e. The molecule has 5 aromatic rings. The van der Waals surface area contributed by atoms with E-state index in [2.05, 4.69) is 52.2 Å². The monoisotopic (exact) mass is 635 g/mol. The van der Waals surface area contributed by atoms with Crippen LogP contribution < -0.4 is 24.9 Å². The number of imidazole rings is 2. The molecule has 8 aliphatic rings. The Morgan fingerprint density at radius 2 is 1.02 bits per heavy atom. The number of nitrogens with zero attached hydrogens (tertiary/aromatic N) is 8. The number of nitrogens with one attached hydrogen (secondary N) is 1. The van der Waals surface area contributed by atoms with E-state index in [0.29, 0.717) is 0 Å². The number of aryl methyl sites for hydroxylation is 5. The molecule has 1 N–H and O–H groups in total. The lowest BCUT2D eigenvalue weighted by molar-refractivity contribution is 0.547. The summed E-state index contributed by atoms with van der Waals surface area (Å²) >= 11 is 0. The highest BCUT2D eigenvalue weighted by atomic mass is 15.6. The molecule has 0 spiro atoms. The summed E-state index contributed by atoms with van der Waals surface area (Å²) in [6.45, 7) is 7.07. The second kappa shape index (κ2) is 8.79. The van der Waals surface area contributed by atoms with E-state index in [1.165, 1.54) is 157 Å². The van der Waals surface area contributed by atoms with Gasteiger partial charge >= 0.3 is 0 Å². The highest BCUT2D eigenvalue weighted by Gasteiger charge is 2.46. The molecule has 8 aliphatic heterocycles. The van der Waals surface area contributed by atoms with Crippen molar-refractivity contribution in [1.82, 2.24) is 19.1 Å². The minimum absolute atomic E-state index is 0.0875. The third kappa shape index (κ3) is 2.98. The molecule has 1 atom stereocenters. The standard InChI is InChI=1S/C39H41N9/c1-7-22-19-28-34(25-10-4-16-43(13-1)31(22)25)46-37(40-28)47-35-26-11-5-17-44-14-2-8-23(32(26)44)20-29(35)42-39(47)48-36-27-12-6-18-45-15-3-9-24(33(27)45)21-30(36)41-38(46)48/h19-21,37,40H,1-18H2. The van der Waals surface area contributed by atoms with Crippen molar-refractivity contribution < 1.29 is 0 Å². The molecule has 10 heterocycles. The van der Waals surface area contributed by atoms with Gasteiger partial charge in [0.25, 0.3) is 0 Å². The van der Waals surface area contributed by atoms with Crippen LogP contribution in [0.2, 0.25) is 0 Å². The van der Waals surface area contributed by atoms with Crippen molar-refractivity contribution in [2.45, 2.75) is 83.3 Å². The second-order valence-electron chi connectivity index (χ2n) is 15.7. The SMILES string of the molecule is c1c2c3c(c4c1NC1N4c4nc5cc6c7c(c5n4-c4nc5cc8c9c(c5n41)CCCN9CCC8)CCCN7CCC6)CCCN3CCC2. The van der Waals surface area contributed by atoms with Gasteiger partial charge in [-0.3, -0.25) is 9.47 Å². The Hall–Kier alpha value is -4.40. The Balaban J connectivity index is 1.16. The average Bonchev–Trinajstić information content (AvgIpc) is 3.81. The van der Waals surface area contributed by atoms with Crippen LogP contribution in [0.25, 0.3) is 28.0 Å². The van der Waals surface area contributed by atoms with E-state index in [1.807, 2.05) is 0 Å². The third-order valence-corrected chi connectivity index (χ3v) is 13.2. The molecule has 0 saturated carbocycles. The minimum Gasteiger partial charge on any atom is -0.371 e. The maximum absolute atomic E-state index is 5.65.